The van der Waals surface area contributed by atoms with E-state index >= 15 is 4.39 Å². The number of piperidine rings is 1. The van der Waals surface area contributed by atoms with Crippen molar-refractivity contribution in [3.05, 3.63) is 143 Å². The van der Waals surface area contributed by atoms with Crippen molar-refractivity contribution in [3.63, 3.8) is 0 Å². The quantitative estimate of drug-likeness (QED) is 0.0645. The van der Waals surface area contributed by atoms with E-state index in [4.69, 9.17) is 11.6 Å². The maximum Gasteiger partial charge on any atom is 0.501 e. The van der Waals surface area contributed by atoms with Crippen molar-refractivity contribution in [1.29, 1.82) is 0 Å². The standard InChI is InChI=1S/C32H35ClFN3O2S.C26H34F3NO4S3/c1-21(2)37-23(4)32(40(5,38)39)30(31(37)24-8-10-26(33)11-9-24)25-18-27(34)20-29(19-25)36-16-14-35(15-17-36)28-12-6-22(3)7-13-28;1-3-36(31,32)24-10-9-22(25(18-24)37(33,34)26(27,28)29)17-21(19-35-23-7-5-4-6-8-23)13-16-30-14-11-20(2)12-15-30/h6-13,18-21H,14-17H2,1-5H3;4-10,18,20-21H,3,11-17,19H2,1-2H3/t;21-/m.0/s1. The molecule has 10 nitrogen and oxygen atoms in total. The number of halogens is 5. The molecular weight excluding hydrogens is 1090 g/mol. The molecule has 8 rings (SSSR count). The molecular formula is C58H69ClF4N4O6S4. The molecule has 0 unspecified atom stereocenters. The molecule has 77 heavy (non-hydrogen) atoms. The number of benzene rings is 5. The van der Waals surface area contributed by atoms with Crippen LogP contribution in [0.25, 0.3) is 22.4 Å². The summed E-state index contributed by atoms with van der Waals surface area (Å²) in [6.07, 6.45) is 4.21. The minimum atomic E-state index is -5.73. The molecule has 3 heterocycles. The molecule has 416 valence electrons. The minimum absolute atomic E-state index is 0.00157. The number of alkyl halides is 3. The first-order valence-electron chi connectivity index (χ1n) is 25.9. The van der Waals surface area contributed by atoms with Crippen LogP contribution in [0.2, 0.25) is 5.02 Å². The lowest BCUT2D eigenvalue weighted by atomic mass is 9.95. The van der Waals surface area contributed by atoms with Gasteiger partial charge in [-0.05, 0) is 168 Å². The smallest absolute Gasteiger partial charge is 0.368 e. The molecule has 0 saturated carbocycles. The molecule has 1 aromatic heterocycles. The number of piperazine rings is 1. The Morgan fingerprint density at radius 3 is 1.92 bits per heavy atom. The fraction of sp³-hybridized carbons (Fsp3) is 0.414. The number of aryl methyl sites for hydroxylation is 1. The summed E-state index contributed by atoms with van der Waals surface area (Å²) >= 11 is 7.77. The van der Waals surface area contributed by atoms with Gasteiger partial charge < -0.3 is 19.3 Å². The molecule has 2 aliphatic rings. The molecule has 1 atom stereocenters. The van der Waals surface area contributed by atoms with Gasteiger partial charge in [0.2, 0.25) is 0 Å². The summed E-state index contributed by atoms with van der Waals surface area (Å²) < 4.78 is 134. The molecule has 2 aliphatic heterocycles. The lowest BCUT2D eigenvalue weighted by Gasteiger charge is -2.37. The minimum Gasteiger partial charge on any atom is -0.368 e. The Kier molecular flexibility index (Phi) is 19.5. The molecule has 5 aromatic carbocycles. The van der Waals surface area contributed by atoms with Gasteiger partial charge in [-0.15, -0.1) is 11.8 Å². The van der Waals surface area contributed by atoms with Crippen molar-refractivity contribution in [2.75, 3.05) is 73.4 Å². The van der Waals surface area contributed by atoms with Gasteiger partial charge in [0, 0.05) is 76.8 Å². The third-order valence-corrected chi connectivity index (χ3v) is 20.5. The lowest BCUT2D eigenvalue weighted by Crippen LogP contribution is -2.46. The molecule has 0 bridgehead atoms. The fourth-order valence-corrected chi connectivity index (χ4v) is 14.6. The van der Waals surface area contributed by atoms with Gasteiger partial charge >= 0.3 is 5.51 Å². The summed E-state index contributed by atoms with van der Waals surface area (Å²) in [7, 11) is -13.3. The summed E-state index contributed by atoms with van der Waals surface area (Å²) in [4.78, 5) is 6.73. The second-order valence-electron chi connectivity index (χ2n) is 20.5. The van der Waals surface area contributed by atoms with Gasteiger partial charge in [0.05, 0.1) is 26.1 Å². The highest BCUT2D eigenvalue weighted by molar-refractivity contribution is 7.99. The molecule has 6 aromatic rings. The number of rotatable bonds is 17. The lowest BCUT2D eigenvalue weighted by molar-refractivity contribution is -0.0436. The second-order valence-corrected chi connectivity index (χ2v) is 28.2. The van der Waals surface area contributed by atoms with Crippen molar-refractivity contribution in [3.8, 4) is 22.4 Å². The predicted octanol–water partition coefficient (Wildman–Crippen LogP) is 13.4. The van der Waals surface area contributed by atoms with Gasteiger partial charge in [0.1, 0.15) is 5.82 Å². The molecule has 0 spiro atoms. The van der Waals surface area contributed by atoms with E-state index in [9.17, 15) is 38.4 Å². The van der Waals surface area contributed by atoms with Gasteiger partial charge in [-0.1, -0.05) is 79.5 Å². The molecule has 0 aliphatic carbocycles. The van der Waals surface area contributed by atoms with Crippen molar-refractivity contribution in [2.45, 2.75) is 98.4 Å². The Balaban J connectivity index is 0.000000225. The Bertz CT molecular complexity index is 3320. The zero-order chi connectivity index (χ0) is 56.0. The molecule has 2 fully saturated rings. The van der Waals surface area contributed by atoms with Crippen LogP contribution in [0.4, 0.5) is 28.9 Å². The predicted molar refractivity (Wildman–Crippen MR) is 305 cm³/mol. The van der Waals surface area contributed by atoms with Gasteiger partial charge in [-0.2, -0.15) is 13.2 Å². The third kappa shape index (κ3) is 14.7. The van der Waals surface area contributed by atoms with Crippen LogP contribution in [0.1, 0.15) is 69.8 Å². The van der Waals surface area contributed by atoms with Crippen LogP contribution in [-0.4, -0.2) is 104 Å². The van der Waals surface area contributed by atoms with E-state index < -0.39 is 50.6 Å². The average Bonchev–Trinajstić information content (AvgIpc) is 3.72. The number of likely N-dealkylation sites (tertiary alicyclic amines) is 1. The number of anilines is 2. The first kappa shape index (κ1) is 59.8. The van der Waals surface area contributed by atoms with Crippen LogP contribution in [0, 0.1) is 31.5 Å². The molecule has 0 amide bonds. The van der Waals surface area contributed by atoms with Gasteiger partial charge in [-0.3, -0.25) is 0 Å². The van der Waals surface area contributed by atoms with E-state index in [0.717, 1.165) is 80.5 Å². The molecule has 0 radical (unpaired) electrons. The Hall–Kier alpha value is -4.85. The highest BCUT2D eigenvalue weighted by Crippen LogP contribution is 2.45. The second kappa shape index (κ2) is 25.1. The van der Waals surface area contributed by atoms with Crippen LogP contribution in [0.3, 0.4) is 0 Å². The van der Waals surface area contributed by atoms with Crippen LogP contribution in [0.5, 0.6) is 0 Å². The van der Waals surface area contributed by atoms with Crippen molar-refractivity contribution < 1.29 is 42.8 Å². The molecule has 19 heteroatoms. The van der Waals surface area contributed by atoms with Gasteiger partial charge in [0.15, 0.2) is 19.7 Å². The normalized spacial score (nSPS) is 15.6. The SMILES string of the molecule is CCS(=O)(=O)c1ccc(C[C@H](CCN2CCC(C)CC2)CSc2ccccc2)c(S(=O)(=O)C(F)(F)F)c1.Cc1ccc(N2CCN(c3cc(F)cc(-c4c(S(C)(=O)=O)c(C)n(C(C)C)c4-c4ccc(Cl)cc4)c3)CC2)cc1. The van der Waals surface area contributed by atoms with Crippen LogP contribution < -0.4 is 9.80 Å². The Morgan fingerprint density at radius 1 is 0.740 bits per heavy atom. The van der Waals surface area contributed by atoms with Crippen LogP contribution >= 0.6 is 23.4 Å². The largest absolute Gasteiger partial charge is 0.501 e. The number of hydrogen-bond acceptors (Lipinski definition) is 10. The van der Waals surface area contributed by atoms with E-state index in [1.807, 2.05) is 73.9 Å². The Labute approximate surface area is 462 Å². The maximum absolute atomic E-state index is 15.3. The van der Waals surface area contributed by atoms with Gasteiger partial charge in [-0.25, -0.2) is 29.6 Å². The Morgan fingerprint density at radius 2 is 1.35 bits per heavy atom. The number of thioether (sulfide) groups is 1. The summed E-state index contributed by atoms with van der Waals surface area (Å²) in [6.45, 7) is 17.3. The van der Waals surface area contributed by atoms with Crippen molar-refractivity contribution in [2.24, 2.45) is 11.8 Å². The van der Waals surface area contributed by atoms with E-state index in [1.54, 1.807) is 30.0 Å². The number of hydrogen-bond donors (Lipinski definition) is 0. The van der Waals surface area contributed by atoms with E-state index in [-0.39, 0.29) is 34.6 Å². The highest BCUT2D eigenvalue weighted by atomic mass is 35.5. The van der Waals surface area contributed by atoms with E-state index in [0.29, 0.717) is 46.0 Å². The number of aromatic nitrogens is 1. The highest BCUT2D eigenvalue weighted by Gasteiger charge is 2.48. The maximum atomic E-state index is 15.3. The van der Waals surface area contributed by atoms with Crippen LogP contribution in [-0.2, 0) is 35.9 Å². The van der Waals surface area contributed by atoms with Crippen molar-refractivity contribution >= 4 is 64.2 Å². The van der Waals surface area contributed by atoms with Crippen molar-refractivity contribution in [1.82, 2.24) is 9.47 Å². The fourth-order valence-electron chi connectivity index (χ4n) is 10.2. The molecule has 2 saturated heterocycles. The summed E-state index contributed by atoms with van der Waals surface area (Å²) in [5.74, 6) is 0.413. The van der Waals surface area contributed by atoms with Crippen LogP contribution in [0.15, 0.2) is 135 Å². The average molecular weight is 1160 g/mol. The topological polar surface area (TPSA) is 117 Å². The third-order valence-electron chi connectivity index (χ3n) is 14.5. The number of sulfone groups is 3. The van der Waals surface area contributed by atoms with Gasteiger partial charge in [0.25, 0.3) is 9.84 Å². The van der Waals surface area contributed by atoms with E-state index in [1.165, 1.54) is 42.6 Å². The van der Waals surface area contributed by atoms with E-state index in [2.05, 4.69) is 52.8 Å². The monoisotopic (exact) mass is 1160 g/mol. The number of nitrogens with zero attached hydrogens (tertiary/aromatic N) is 4. The molecule has 0 N–H and O–H groups in total. The first-order valence-corrected chi connectivity index (χ1v) is 32.3. The zero-order valence-corrected chi connectivity index (χ0v) is 48.7. The summed E-state index contributed by atoms with van der Waals surface area (Å²) in [5.41, 5.74) is 0.884. The first-order chi connectivity index (χ1) is 36.3. The summed E-state index contributed by atoms with van der Waals surface area (Å²) in [5, 5.41) is 0.589. The summed E-state index contributed by atoms with van der Waals surface area (Å²) in [6, 6.07) is 33.5. The zero-order valence-electron chi connectivity index (χ0n) is 44.7.